The first kappa shape index (κ1) is 7.74. The number of rotatable bonds is 2. The Hall–Kier alpha value is -1.36. The molecule has 4 N–H and O–H groups in total. The van der Waals surface area contributed by atoms with E-state index in [1.807, 2.05) is 6.92 Å². The fourth-order valence-corrected chi connectivity index (χ4v) is 0.663. The molecule has 0 saturated heterocycles. The highest BCUT2D eigenvalue weighted by Gasteiger charge is 2.02. The maximum Gasteiger partial charge on any atom is 0.239 e. The van der Waals surface area contributed by atoms with Gasteiger partial charge in [-0.05, 0) is 6.92 Å². The second kappa shape index (κ2) is 3.16. The molecule has 60 valence electrons. The van der Waals surface area contributed by atoms with E-state index in [1.54, 1.807) is 6.20 Å². The zero-order valence-electron chi connectivity index (χ0n) is 6.22. The Bertz CT molecular complexity index is 255. The number of amides is 1. The summed E-state index contributed by atoms with van der Waals surface area (Å²) < 4.78 is 0. The van der Waals surface area contributed by atoms with Gasteiger partial charge in [-0.1, -0.05) is 0 Å². The first-order valence-corrected chi connectivity index (χ1v) is 3.24. The van der Waals surface area contributed by atoms with Crippen molar-refractivity contribution in [3.05, 3.63) is 11.8 Å². The third-order valence-corrected chi connectivity index (χ3v) is 1.28. The van der Waals surface area contributed by atoms with E-state index >= 15 is 0 Å². The van der Waals surface area contributed by atoms with Crippen LogP contribution >= 0.6 is 0 Å². The number of carbonyl (C=O) groups is 1. The number of nitrogens with two attached hydrogens (primary N) is 1. The van der Waals surface area contributed by atoms with E-state index in [0.29, 0.717) is 5.82 Å². The first-order valence-electron chi connectivity index (χ1n) is 3.24. The molecule has 0 radical (unpaired) electrons. The molecule has 0 unspecified atom stereocenters. The minimum absolute atomic E-state index is 0.0154. The molecular weight excluding hydrogens is 144 g/mol. The van der Waals surface area contributed by atoms with Gasteiger partial charge in [0.25, 0.3) is 0 Å². The Kier molecular flexibility index (Phi) is 2.22. The van der Waals surface area contributed by atoms with E-state index in [-0.39, 0.29) is 12.5 Å². The van der Waals surface area contributed by atoms with Crippen molar-refractivity contribution < 1.29 is 4.79 Å². The summed E-state index contributed by atoms with van der Waals surface area (Å²) in [6, 6.07) is 0. The maximum absolute atomic E-state index is 10.7. The summed E-state index contributed by atoms with van der Waals surface area (Å²) in [6.45, 7) is 1.83. The molecule has 5 nitrogen and oxygen atoms in total. The second-order valence-electron chi connectivity index (χ2n) is 2.18. The van der Waals surface area contributed by atoms with E-state index < -0.39 is 0 Å². The summed E-state index contributed by atoms with van der Waals surface area (Å²) in [5.74, 6) is 0.387. The number of aryl methyl sites for hydroxylation is 1. The Morgan fingerprint density at radius 3 is 3.09 bits per heavy atom. The van der Waals surface area contributed by atoms with Crippen molar-refractivity contribution in [2.45, 2.75) is 6.92 Å². The predicted octanol–water partition coefficient (Wildman–Crippen LogP) is -0.385. The number of carbonyl (C=O) groups excluding carboxylic acids is 1. The number of nitrogens with one attached hydrogen (secondary N) is 2. The number of nitrogens with zero attached hydrogens (tertiary/aromatic N) is 1. The van der Waals surface area contributed by atoms with Gasteiger partial charge < -0.3 is 11.1 Å². The largest absolute Gasteiger partial charge is 0.322 e. The van der Waals surface area contributed by atoms with Crippen LogP contribution in [0.25, 0.3) is 0 Å². The smallest absolute Gasteiger partial charge is 0.239 e. The van der Waals surface area contributed by atoms with Gasteiger partial charge in [-0.15, -0.1) is 0 Å². The molecule has 0 atom stereocenters. The zero-order chi connectivity index (χ0) is 8.27. The minimum atomic E-state index is -0.225. The topological polar surface area (TPSA) is 83.8 Å². The average Bonchev–Trinajstić information content (AvgIpc) is 2.37. The monoisotopic (exact) mass is 154 g/mol. The summed E-state index contributed by atoms with van der Waals surface area (Å²) in [5, 5.41) is 8.92. The Morgan fingerprint density at radius 2 is 2.64 bits per heavy atom. The SMILES string of the molecule is Cc1cn[nH]c1NC(=O)CN. The van der Waals surface area contributed by atoms with Crippen molar-refractivity contribution in [1.29, 1.82) is 0 Å². The lowest BCUT2D eigenvalue weighted by Crippen LogP contribution is -2.22. The van der Waals surface area contributed by atoms with Gasteiger partial charge in [-0.25, -0.2) is 0 Å². The molecule has 11 heavy (non-hydrogen) atoms. The van der Waals surface area contributed by atoms with Gasteiger partial charge in [0.2, 0.25) is 5.91 Å². The van der Waals surface area contributed by atoms with Crippen molar-refractivity contribution in [3.63, 3.8) is 0 Å². The van der Waals surface area contributed by atoms with Gasteiger partial charge in [0.05, 0.1) is 12.7 Å². The number of aromatic amines is 1. The van der Waals surface area contributed by atoms with E-state index in [4.69, 9.17) is 5.73 Å². The summed E-state index contributed by atoms with van der Waals surface area (Å²) in [6.07, 6.45) is 1.63. The molecule has 0 saturated carbocycles. The normalized spacial score (nSPS) is 9.64. The van der Waals surface area contributed by atoms with E-state index in [0.717, 1.165) is 5.56 Å². The van der Waals surface area contributed by atoms with Gasteiger partial charge in [-0.2, -0.15) is 5.10 Å². The van der Waals surface area contributed by atoms with Crippen LogP contribution in [0, 0.1) is 6.92 Å². The van der Waals surface area contributed by atoms with Gasteiger partial charge in [-0.3, -0.25) is 9.89 Å². The summed E-state index contributed by atoms with van der Waals surface area (Å²) >= 11 is 0. The van der Waals surface area contributed by atoms with E-state index in [2.05, 4.69) is 15.5 Å². The third kappa shape index (κ3) is 1.78. The van der Waals surface area contributed by atoms with Gasteiger partial charge in [0.15, 0.2) is 0 Å². The molecule has 0 aliphatic rings. The van der Waals surface area contributed by atoms with Crippen molar-refractivity contribution in [1.82, 2.24) is 10.2 Å². The van der Waals surface area contributed by atoms with E-state index in [1.165, 1.54) is 0 Å². The summed E-state index contributed by atoms with van der Waals surface area (Å²) in [7, 11) is 0. The molecule has 0 spiro atoms. The van der Waals surface area contributed by atoms with Crippen molar-refractivity contribution in [3.8, 4) is 0 Å². The van der Waals surface area contributed by atoms with Crippen LogP contribution in [0.5, 0.6) is 0 Å². The highest BCUT2D eigenvalue weighted by Crippen LogP contribution is 2.07. The van der Waals surface area contributed by atoms with Gasteiger partial charge in [0, 0.05) is 5.56 Å². The number of anilines is 1. The molecule has 1 rings (SSSR count). The standard InChI is InChI=1S/C6H10N4O/c1-4-3-8-10-6(4)9-5(11)2-7/h3H,2,7H2,1H3,(H2,8,9,10,11). The van der Waals surface area contributed by atoms with Crippen LogP contribution in [-0.2, 0) is 4.79 Å². The fraction of sp³-hybridized carbons (Fsp3) is 0.333. The molecule has 1 aromatic rings. The molecule has 5 heteroatoms. The molecule has 1 aromatic heterocycles. The number of hydrogen-bond donors (Lipinski definition) is 3. The van der Waals surface area contributed by atoms with Gasteiger partial charge in [0.1, 0.15) is 5.82 Å². The summed E-state index contributed by atoms with van der Waals surface area (Å²) in [5.41, 5.74) is 5.99. The lowest BCUT2D eigenvalue weighted by molar-refractivity contribution is -0.114. The predicted molar refractivity (Wildman–Crippen MR) is 41.0 cm³/mol. The molecule has 1 heterocycles. The lowest BCUT2D eigenvalue weighted by atomic mass is 10.4. The first-order chi connectivity index (χ1) is 5.24. The second-order valence-corrected chi connectivity index (χ2v) is 2.18. The Morgan fingerprint density at radius 1 is 1.91 bits per heavy atom. The lowest BCUT2D eigenvalue weighted by Gasteiger charge is -1.99. The molecule has 0 fully saturated rings. The molecule has 0 aliphatic heterocycles. The highest BCUT2D eigenvalue weighted by molar-refractivity contribution is 5.91. The van der Waals surface area contributed by atoms with Crippen LogP contribution < -0.4 is 11.1 Å². The van der Waals surface area contributed by atoms with Crippen molar-refractivity contribution in [2.75, 3.05) is 11.9 Å². The molecule has 1 amide bonds. The highest BCUT2D eigenvalue weighted by atomic mass is 16.1. The van der Waals surface area contributed by atoms with Crippen molar-refractivity contribution >= 4 is 11.7 Å². The van der Waals surface area contributed by atoms with Crippen LogP contribution in [-0.4, -0.2) is 22.6 Å². The zero-order valence-corrected chi connectivity index (χ0v) is 6.22. The number of H-pyrrole nitrogens is 1. The maximum atomic E-state index is 10.7. The van der Waals surface area contributed by atoms with Crippen molar-refractivity contribution in [2.24, 2.45) is 5.73 Å². The Balaban J connectivity index is 2.64. The number of aromatic nitrogens is 2. The van der Waals surface area contributed by atoms with Crippen LogP contribution in [0.1, 0.15) is 5.56 Å². The third-order valence-electron chi connectivity index (χ3n) is 1.28. The fourth-order valence-electron chi connectivity index (χ4n) is 0.663. The molecule has 0 aliphatic carbocycles. The quantitative estimate of drug-likeness (QED) is 0.542. The average molecular weight is 154 g/mol. The van der Waals surface area contributed by atoms with Crippen LogP contribution in [0.4, 0.5) is 5.82 Å². The minimum Gasteiger partial charge on any atom is -0.322 e. The van der Waals surface area contributed by atoms with E-state index in [9.17, 15) is 4.79 Å². The molecule has 0 aromatic carbocycles. The van der Waals surface area contributed by atoms with Crippen LogP contribution in [0.15, 0.2) is 6.20 Å². The number of hydrogen-bond acceptors (Lipinski definition) is 3. The van der Waals surface area contributed by atoms with Crippen LogP contribution in [0.3, 0.4) is 0 Å². The van der Waals surface area contributed by atoms with Crippen LogP contribution in [0.2, 0.25) is 0 Å². The summed E-state index contributed by atoms with van der Waals surface area (Å²) in [4.78, 5) is 10.7. The molecular formula is C6H10N4O. The molecule has 0 bridgehead atoms. The van der Waals surface area contributed by atoms with Gasteiger partial charge >= 0.3 is 0 Å². The Labute approximate surface area is 64.0 Å².